The third kappa shape index (κ3) is 6.25. The van der Waals surface area contributed by atoms with Gasteiger partial charge in [-0.25, -0.2) is 0 Å². The van der Waals surface area contributed by atoms with E-state index < -0.39 is 0 Å². The molecule has 2 aromatic carbocycles. The quantitative estimate of drug-likeness (QED) is 0.564. The SMILES string of the molecule is COc1cc(/C=C/C(=O)N2CCCC(COCc3ccccc3)C2)cc(OC)c1OC. The molecule has 0 N–H and O–H groups in total. The fourth-order valence-corrected chi connectivity index (χ4v) is 3.79. The highest BCUT2D eigenvalue weighted by Crippen LogP contribution is 2.38. The first kappa shape index (κ1) is 22.7. The van der Waals surface area contributed by atoms with Crippen LogP contribution in [0.1, 0.15) is 24.0 Å². The van der Waals surface area contributed by atoms with Gasteiger partial charge in [-0.05, 0) is 48.1 Å². The number of hydrogen-bond acceptors (Lipinski definition) is 5. The van der Waals surface area contributed by atoms with Crippen LogP contribution in [0.4, 0.5) is 0 Å². The Bertz CT molecular complexity index is 856. The maximum absolute atomic E-state index is 12.8. The summed E-state index contributed by atoms with van der Waals surface area (Å²) in [5.41, 5.74) is 1.97. The zero-order valence-corrected chi connectivity index (χ0v) is 18.5. The van der Waals surface area contributed by atoms with Crippen molar-refractivity contribution in [1.29, 1.82) is 0 Å². The molecule has 1 heterocycles. The number of carbonyl (C=O) groups is 1. The summed E-state index contributed by atoms with van der Waals surface area (Å²) in [5.74, 6) is 2.01. The van der Waals surface area contributed by atoms with Crippen LogP contribution in [0.15, 0.2) is 48.5 Å². The number of ether oxygens (including phenoxy) is 4. The Kier molecular flexibility index (Phi) is 8.35. The Balaban J connectivity index is 1.56. The average Bonchev–Trinajstić information content (AvgIpc) is 2.82. The average molecular weight is 426 g/mol. The van der Waals surface area contributed by atoms with Gasteiger partial charge in [0.15, 0.2) is 11.5 Å². The third-order valence-corrected chi connectivity index (χ3v) is 5.40. The molecule has 0 bridgehead atoms. The number of amides is 1. The second-order valence-electron chi connectivity index (χ2n) is 7.59. The first-order valence-electron chi connectivity index (χ1n) is 10.5. The maximum atomic E-state index is 12.8. The lowest BCUT2D eigenvalue weighted by atomic mass is 9.99. The van der Waals surface area contributed by atoms with Crippen LogP contribution in [0.25, 0.3) is 6.08 Å². The molecule has 1 atom stereocenters. The van der Waals surface area contributed by atoms with Crippen LogP contribution >= 0.6 is 0 Å². The monoisotopic (exact) mass is 425 g/mol. The number of carbonyl (C=O) groups excluding carboxylic acids is 1. The Morgan fingerprint density at radius 1 is 1.06 bits per heavy atom. The lowest BCUT2D eigenvalue weighted by Crippen LogP contribution is -2.40. The number of hydrogen-bond donors (Lipinski definition) is 0. The van der Waals surface area contributed by atoms with Gasteiger partial charge in [0.1, 0.15) is 0 Å². The zero-order chi connectivity index (χ0) is 22.1. The molecule has 0 saturated carbocycles. The minimum absolute atomic E-state index is 0.00140. The predicted molar refractivity (Wildman–Crippen MR) is 121 cm³/mol. The van der Waals surface area contributed by atoms with E-state index in [0.29, 0.717) is 42.9 Å². The summed E-state index contributed by atoms with van der Waals surface area (Å²) in [6.07, 6.45) is 5.45. The van der Waals surface area contributed by atoms with E-state index in [-0.39, 0.29) is 5.91 Å². The van der Waals surface area contributed by atoms with Gasteiger partial charge in [0.25, 0.3) is 0 Å². The summed E-state index contributed by atoms with van der Waals surface area (Å²) in [7, 11) is 4.71. The van der Waals surface area contributed by atoms with Crippen LogP contribution in [0, 0.1) is 5.92 Å². The summed E-state index contributed by atoms with van der Waals surface area (Å²) in [6, 6.07) is 13.8. The normalized spacial score (nSPS) is 16.4. The summed E-state index contributed by atoms with van der Waals surface area (Å²) in [5, 5.41) is 0. The van der Waals surface area contributed by atoms with Gasteiger partial charge in [0.05, 0.1) is 34.5 Å². The van der Waals surface area contributed by atoms with Crippen molar-refractivity contribution in [2.75, 3.05) is 41.0 Å². The molecular formula is C25H31NO5. The van der Waals surface area contributed by atoms with Gasteiger partial charge < -0.3 is 23.8 Å². The van der Waals surface area contributed by atoms with Crippen LogP contribution in [-0.2, 0) is 16.1 Å². The number of nitrogens with zero attached hydrogens (tertiary/aromatic N) is 1. The number of likely N-dealkylation sites (tertiary alicyclic amines) is 1. The molecule has 6 heteroatoms. The highest BCUT2D eigenvalue weighted by atomic mass is 16.5. The third-order valence-electron chi connectivity index (χ3n) is 5.40. The fourth-order valence-electron chi connectivity index (χ4n) is 3.79. The molecule has 31 heavy (non-hydrogen) atoms. The van der Waals surface area contributed by atoms with Crippen molar-refractivity contribution in [3.63, 3.8) is 0 Å². The minimum Gasteiger partial charge on any atom is -0.493 e. The summed E-state index contributed by atoms with van der Waals surface area (Å²) in [4.78, 5) is 14.7. The lowest BCUT2D eigenvalue weighted by Gasteiger charge is -2.32. The largest absolute Gasteiger partial charge is 0.493 e. The molecule has 1 aliphatic rings. The fraction of sp³-hybridized carbons (Fsp3) is 0.400. The molecule has 166 valence electrons. The standard InChI is InChI=1S/C25H31NO5/c1-28-22-14-20(15-23(29-2)25(22)30-3)11-12-24(27)26-13-7-10-21(16-26)18-31-17-19-8-5-4-6-9-19/h4-6,8-9,11-12,14-15,21H,7,10,13,16-18H2,1-3H3/b12-11+. The maximum Gasteiger partial charge on any atom is 0.246 e. The van der Waals surface area contributed by atoms with E-state index >= 15 is 0 Å². The first-order valence-corrected chi connectivity index (χ1v) is 10.5. The highest BCUT2D eigenvalue weighted by Gasteiger charge is 2.22. The van der Waals surface area contributed by atoms with Crippen LogP contribution in [0.5, 0.6) is 17.2 Å². The highest BCUT2D eigenvalue weighted by molar-refractivity contribution is 5.92. The van der Waals surface area contributed by atoms with Crippen LogP contribution in [0.2, 0.25) is 0 Å². The van der Waals surface area contributed by atoms with Crippen molar-refractivity contribution in [1.82, 2.24) is 4.90 Å². The van der Waals surface area contributed by atoms with Crippen molar-refractivity contribution in [3.05, 3.63) is 59.7 Å². The van der Waals surface area contributed by atoms with Gasteiger partial charge in [-0.3, -0.25) is 4.79 Å². The van der Waals surface area contributed by atoms with Gasteiger partial charge in [-0.15, -0.1) is 0 Å². The van der Waals surface area contributed by atoms with E-state index in [2.05, 4.69) is 12.1 Å². The molecule has 1 saturated heterocycles. The minimum atomic E-state index is 0.00140. The topological polar surface area (TPSA) is 57.2 Å². The Morgan fingerprint density at radius 3 is 2.42 bits per heavy atom. The number of benzene rings is 2. The van der Waals surface area contributed by atoms with E-state index in [0.717, 1.165) is 24.9 Å². The summed E-state index contributed by atoms with van der Waals surface area (Å²) < 4.78 is 22.0. The van der Waals surface area contributed by atoms with E-state index in [1.54, 1.807) is 33.5 Å². The Morgan fingerprint density at radius 2 is 1.77 bits per heavy atom. The molecular weight excluding hydrogens is 394 g/mol. The van der Waals surface area contributed by atoms with Crippen LogP contribution in [0.3, 0.4) is 0 Å². The molecule has 0 aliphatic carbocycles. The van der Waals surface area contributed by atoms with E-state index in [1.807, 2.05) is 35.2 Å². The molecule has 1 amide bonds. The van der Waals surface area contributed by atoms with Gasteiger partial charge in [0, 0.05) is 19.2 Å². The van der Waals surface area contributed by atoms with Crippen LogP contribution in [-0.4, -0.2) is 51.8 Å². The van der Waals surface area contributed by atoms with Crippen molar-refractivity contribution in [2.24, 2.45) is 5.92 Å². The van der Waals surface area contributed by atoms with Crippen molar-refractivity contribution < 1.29 is 23.7 Å². The molecule has 0 spiro atoms. The molecule has 0 radical (unpaired) electrons. The molecule has 1 aliphatic heterocycles. The van der Waals surface area contributed by atoms with Crippen molar-refractivity contribution in [3.8, 4) is 17.2 Å². The van der Waals surface area contributed by atoms with Gasteiger partial charge in [-0.2, -0.15) is 0 Å². The Hall–Kier alpha value is -2.99. The van der Waals surface area contributed by atoms with Gasteiger partial charge in [0.2, 0.25) is 11.7 Å². The predicted octanol–water partition coefficient (Wildman–Crippen LogP) is 4.18. The lowest BCUT2D eigenvalue weighted by molar-refractivity contribution is -0.128. The Labute approximate surface area is 184 Å². The van der Waals surface area contributed by atoms with E-state index in [4.69, 9.17) is 18.9 Å². The summed E-state index contributed by atoms with van der Waals surface area (Å²) >= 11 is 0. The molecule has 1 unspecified atom stereocenters. The number of methoxy groups -OCH3 is 3. The molecule has 1 fully saturated rings. The van der Waals surface area contributed by atoms with Crippen molar-refractivity contribution in [2.45, 2.75) is 19.4 Å². The van der Waals surface area contributed by atoms with E-state index in [9.17, 15) is 4.79 Å². The molecule has 3 rings (SSSR count). The second-order valence-corrected chi connectivity index (χ2v) is 7.59. The second kappa shape index (κ2) is 11.4. The van der Waals surface area contributed by atoms with E-state index in [1.165, 1.54) is 5.56 Å². The first-order chi connectivity index (χ1) is 15.1. The molecule has 6 nitrogen and oxygen atoms in total. The van der Waals surface area contributed by atoms with Gasteiger partial charge in [-0.1, -0.05) is 30.3 Å². The van der Waals surface area contributed by atoms with Crippen molar-refractivity contribution >= 4 is 12.0 Å². The number of piperidine rings is 1. The van der Waals surface area contributed by atoms with Crippen LogP contribution < -0.4 is 14.2 Å². The summed E-state index contributed by atoms with van der Waals surface area (Å²) in [6.45, 7) is 2.75. The number of rotatable bonds is 9. The zero-order valence-electron chi connectivity index (χ0n) is 18.5. The molecule has 0 aromatic heterocycles. The van der Waals surface area contributed by atoms with Gasteiger partial charge >= 0.3 is 0 Å². The smallest absolute Gasteiger partial charge is 0.246 e. The molecule has 2 aromatic rings.